The van der Waals surface area contributed by atoms with E-state index in [1.165, 1.54) is 5.56 Å². The van der Waals surface area contributed by atoms with Crippen molar-refractivity contribution in [2.24, 2.45) is 5.92 Å². The number of urea groups is 1. The molecule has 114 valence electrons. The molecule has 1 aromatic rings. The van der Waals surface area contributed by atoms with Crippen LogP contribution in [0.2, 0.25) is 0 Å². The van der Waals surface area contributed by atoms with Gasteiger partial charge < -0.3 is 15.5 Å². The van der Waals surface area contributed by atoms with Gasteiger partial charge in [0.15, 0.2) is 0 Å². The van der Waals surface area contributed by atoms with Crippen LogP contribution in [0.5, 0.6) is 0 Å². The lowest BCUT2D eigenvalue weighted by Crippen LogP contribution is -2.43. The van der Waals surface area contributed by atoms with E-state index in [0.29, 0.717) is 19.0 Å². The van der Waals surface area contributed by atoms with Gasteiger partial charge in [0.05, 0.1) is 6.54 Å². The first-order valence-electron chi connectivity index (χ1n) is 7.48. The molecule has 0 spiro atoms. The van der Waals surface area contributed by atoms with Gasteiger partial charge in [0.1, 0.15) is 0 Å². The Balaban J connectivity index is 1.77. The second kappa shape index (κ2) is 7.11. The van der Waals surface area contributed by atoms with Crippen LogP contribution < -0.4 is 15.5 Å². The molecular formula is C16H23N3O2. The van der Waals surface area contributed by atoms with Crippen molar-refractivity contribution in [2.75, 3.05) is 24.5 Å². The number of amides is 3. The summed E-state index contributed by atoms with van der Waals surface area (Å²) < 4.78 is 0. The molecule has 0 saturated carbocycles. The minimum Gasteiger partial charge on any atom is -0.338 e. The molecule has 0 bridgehead atoms. The fraction of sp³-hybridized carbons (Fsp3) is 0.500. The number of nitrogens with zero attached hydrogens (tertiary/aromatic N) is 1. The van der Waals surface area contributed by atoms with Gasteiger partial charge in [-0.05, 0) is 30.4 Å². The minimum atomic E-state index is -0.281. The molecule has 1 aliphatic rings. The zero-order valence-electron chi connectivity index (χ0n) is 12.7. The van der Waals surface area contributed by atoms with E-state index in [9.17, 15) is 9.59 Å². The Labute approximate surface area is 125 Å². The smallest absolute Gasteiger partial charge is 0.315 e. The van der Waals surface area contributed by atoms with Crippen LogP contribution in [0, 0.1) is 5.92 Å². The van der Waals surface area contributed by atoms with Crippen molar-refractivity contribution in [1.29, 1.82) is 0 Å². The quantitative estimate of drug-likeness (QED) is 0.870. The van der Waals surface area contributed by atoms with Crippen LogP contribution in [-0.4, -0.2) is 31.6 Å². The molecule has 0 aromatic heterocycles. The Bertz CT molecular complexity index is 514. The van der Waals surface area contributed by atoms with Gasteiger partial charge in [-0.2, -0.15) is 0 Å². The largest absolute Gasteiger partial charge is 0.338 e. The Morgan fingerprint density at radius 2 is 2.00 bits per heavy atom. The summed E-state index contributed by atoms with van der Waals surface area (Å²) in [5.41, 5.74) is 2.15. The molecule has 0 radical (unpaired) electrons. The van der Waals surface area contributed by atoms with E-state index in [1.54, 1.807) is 4.90 Å². The number of carbonyl (C=O) groups is 2. The third-order valence-electron chi connectivity index (χ3n) is 3.60. The van der Waals surface area contributed by atoms with E-state index >= 15 is 0 Å². The molecule has 0 aliphatic carbocycles. The van der Waals surface area contributed by atoms with Gasteiger partial charge in [-0.3, -0.25) is 4.79 Å². The lowest BCUT2D eigenvalue weighted by molar-refractivity contribution is -0.117. The Kier molecular flexibility index (Phi) is 5.20. The molecule has 5 nitrogen and oxygen atoms in total. The molecule has 1 heterocycles. The zero-order valence-corrected chi connectivity index (χ0v) is 12.7. The number of carbonyl (C=O) groups excluding carboxylic acids is 2. The highest BCUT2D eigenvalue weighted by atomic mass is 16.2. The van der Waals surface area contributed by atoms with Crippen LogP contribution in [0.4, 0.5) is 10.5 Å². The average Bonchev–Trinajstić information content (AvgIpc) is 2.88. The normalized spacial score (nSPS) is 13.2. The predicted octanol–water partition coefficient (Wildman–Crippen LogP) is 1.92. The van der Waals surface area contributed by atoms with Crippen molar-refractivity contribution < 1.29 is 9.59 Å². The monoisotopic (exact) mass is 289 g/mol. The maximum atomic E-state index is 12.2. The summed E-state index contributed by atoms with van der Waals surface area (Å²) in [7, 11) is 0. The molecule has 0 atom stereocenters. The van der Waals surface area contributed by atoms with Crippen LogP contribution in [0.25, 0.3) is 0 Å². The van der Waals surface area contributed by atoms with Crippen molar-refractivity contribution in [3.8, 4) is 0 Å². The lowest BCUT2D eigenvalue weighted by Gasteiger charge is -2.17. The maximum Gasteiger partial charge on any atom is 0.315 e. The molecule has 0 unspecified atom stereocenters. The van der Waals surface area contributed by atoms with Gasteiger partial charge in [-0.1, -0.05) is 32.0 Å². The summed E-state index contributed by atoms with van der Waals surface area (Å²) >= 11 is 0. The van der Waals surface area contributed by atoms with E-state index in [2.05, 4.69) is 24.5 Å². The molecule has 21 heavy (non-hydrogen) atoms. The zero-order chi connectivity index (χ0) is 15.2. The van der Waals surface area contributed by atoms with Gasteiger partial charge in [0.25, 0.3) is 0 Å². The number of fused-ring (bicyclic) bond motifs is 1. The van der Waals surface area contributed by atoms with Crippen LogP contribution in [-0.2, 0) is 11.2 Å². The third kappa shape index (κ3) is 4.21. The molecule has 1 aromatic carbocycles. The third-order valence-corrected chi connectivity index (χ3v) is 3.60. The number of hydrogen-bond acceptors (Lipinski definition) is 2. The molecule has 3 amide bonds. The number of nitrogens with one attached hydrogen (secondary N) is 2. The lowest BCUT2D eigenvalue weighted by atomic mass is 10.1. The summed E-state index contributed by atoms with van der Waals surface area (Å²) in [5.74, 6) is 0.479. The minimum absolute atomic E-state index is 0.0296. The molecule has 2 rings (SSSR count). The molecule has 2 N–H and O–H groups in total. The van der Waals surface area contributed by atoms with E-state index in [1.807, 2.05) is 24.3 Å². The number of benzene rings is 1. The topological polar surface area (TPSA) is 61.4 Å². The van der Waals surface area contributed by atoms with Crippen molar-refractivity contribution >= 4 is 17.6 Å². The summed E-state index contributed by atoms with van der Waals surface area (Å²) in [4.78, 5) is 25.5. The predicted molar refractivity (Wildman–Crippen MR) is 83.4 cm³/mol. The molecule has 0 saturated heterocycles. The first-order chi connectivity index (χ1) is 10.1. The van der Waals surface area contributed by atoms with Crippen molar-refractivity contribution in [2.45, 2.75) is 26.7 Å². The standard InChI is InChI=1S/C16H23N3O2/c1-12(2)7-9-17-16(21)18-11-15(20)19-10-8-13-5-3-4-6-14(13)19/h3-6,12H,7-11H2,1-2H3,(H2,17,18,21). The highest BCUT2D eigenvalue weighted by molar-refractivity contribution is 5.98. The molecule has 1 aliphatic heterocycles. The number of hydrogen-bond donors (Lipinski definition) is 2. The molecule has 5 heteroatoms. The van der Waals surface area contributed by atoms with Crippen molar-refractivity contribution in [3.05, 3.63) is 29.8 Å². The summed E-state index contributed by atoms with van der Waals surface area (Å²) in [6.45, 7) is 5.56. The number of para-hydroxylation sites is 1. The first kappa shape index (κ1) is 15.4. The molecule has 0 fully saturated rings. The SMILES string of the molecule is CC(C)CCNC(=O)NCC(=O)N1CCc2ccccc21. The number of anilines is 1. The van der Waals surface area contributed by atoms with Gasteiger partial charge in [0, 0.05) is 18.8 Å². The van der Waals surface area contributed by atoms with Crippen LogP contribution in [0.1, 0.15) is 25.8 Å². The maximum absolute atomic E-state index is 12.2. The highest BCUT2D eigenvalue weighted by Gasteiger charge is 2.23. The second-order valence-electron chi connectivity index (χ2n) is 5.72. The molecular weight excluding hydrogens is 266 g/mol. The van der Waals surface area contributed by atoms with Gasteiger partial charge in [0.2, 0.25) is 5.91 Å². The summed E-state index contributed by atoms with van der Waals surface area (Å²) in [5, 5.41) is 5.38. The van der Waals surface area contributed by atoms with Crippen LogP contribution in [0.3, 0.4) is 0 Å². The first-order valence-corrected chi connectivity index (χ1v) is 7.48. The summed E-state index contributed by atoms with van der Waals surface area (Å²) in [6.07, 6.45) is 1.81. The Morgan fingerprint density at radius 1 is 1.24 bits per heavy atom. The van der Waals surface area contributed by atoms with Crippen molar-refractivity contribution in [3.63, 3.8) is 0 Å². The Morgan fingerprint density at radius 3 is 2.76 bits per heavy atom. The van der Waals surface area contributed by atoms with Crippen LogP contribution in [0.15, 0.2) is 24.3 Å². The van der Waals surface area contributed by atoms with E-state index < -0.39 is 0 Å². The average molecular weight is 289 g/mol. The fourth-order valence-electron chi connectivity index (χ4n) is 2.39. The van der Waals surface area contributed by atoms with Crippen molar-refractivity contribution in [1.82, 2.24) is 10.6 Å². The van der Waals surface area contributed by atoms with Gasteiger partial charge >= 0.3 is 6.03 Å². The van der Waals surface area contributed by atoms with Crippen LogP contribution >= 0.6 is 0 Å². The van der Waals surface area contributed by atoms with E-state index in [4.69, 9.17) is 0 Å². The second-order valence-corrected chi connectivity index (χ2v) is 5.72. The summed E-state index contributed by atoms with van der Waals surface area (Å²) in [6, 6.07) is 7.61. The van der Waals surface area contributed by atoms with E-state index in [0.717, 1.165) is 18.5 Å². The fourth-order valence-corrected chi connectivity index (χ4v) is 2.39. The Hall–Kier alpha value is -2.04. The van der Waals surface area contributed by atoms with E-state index in [-0.39, 0.29) is 18.5 Å². The van der Waals surface area contributed by atoms with Gasteiger partial charge in [-0.25, -0.2) is 4.79 Å². The highest BCUT2D eigenvalue weighted by Crippen LogP contribution is 2.27. The van der Waals surface area contributed by atoms with Gasteiger partial charge in [-0.15, -0.1) is 0 Å². The number of rotatable bonds is 5.